The first-order chi connectivity index (χ1) is 9.54. The first-order valence-corrected chi connectivity index (χ1v) is 7.20. The van der Waals surface area contributed by atoms with E-state index in [1.54, 1.807) is 11.9 Å². The number of nitrogens with zero attached hydrogens (tertiary/aromatic N) is 1. The highest BCUT2D eigenvalue weighted by molar-refractivity contribution is 5.77. The minimum absolute atomic E-state index is 0.00237. The molecule has 0 heterocycles. The summed E-state index contributed by atoms with van der Waals surface area (Å²) in [7, 11) is 1.78. The predicted molar refractivity (Wildman–Crippen MR) is 81.8 cm³/mol. The standard InChI is InChI=1S/C16H26N2O2/c1-5-18(4)16(19)12-20-15-9-7-6-8-14(15)11-17-10-13(2)3/h6-9,13,17H,5,10-12H2,1-4H3. The minimum atomic E-state index is -0.00237. The van der Waals surface area contributed by atoms with Gasteiger partial charge in [-0.1, -0.05) is 32.0 Å². The van der Waals surface area contributed by atoms with Crippen LogP contribution in [0.4, 0.5) is 0 Å². The van der Waals surface area contributed by atoms with Crippen molar-refractivity contribution < 1.29 is 9.53 Å². The van der Waals surface area contributed by atoms with Gasteiger partial charge in [0.1, 0.15) is 5.75 Å². The molecule has 0 unspecified atom stereocenters. The van der Waals surface area contributed by atoms with Gasteiger partial charge in [0.2, 0.25) is 0 Å². The molecule has 0 bridgehead atoms. The smallest absolute Gasteiger partial charge is 0.260 e. The van der Waals surface area contributed by atoms with Crippen LogP contribution < -0.4 is 10.1 Å². The monoisotopic (exact) mass is 278 g/mol. The van der Waals surface area contributed by atoms with E-state index in [2.05, 4.69) is 19.2 Å². The number of nitrogens with one attached hydrogen (secondary N) is 1. The number of likely N-dealkylation sites (N-methyl/N-ethyl adjacent to an activating group) is 1. The quantitative estimate of drug-likeness (QED) is 0.793. The van der Waals surface area contributed by atoms with Crippen molar-refractivity contribution in [2.45, 2.75) is 27.3 Å². The van der Waals surface area contributed by atoms with Crippen molar-refractivity contribution in [1.29, 1.82) is 0 Å². The molecule has 0 fully saturated rings. The lowest BCUT2D eigenvalue weighted by atomic mass is 10.2. The molecule has 1 aromatic rings. The lowest BCUT2D eigenvalue weighted by Crippen LogP contribution is -2.31. The van der Waals surface area contributed by atoms with Gasteiger partial charge in [0.15, 0.2) is 6.61 Å². The van der Waals surface area contributed by atoms with Crippen LogP contribution in [-0.2, 0) is 11.3 Å². The molecule has 0 aliphatic heterocycles. The van der Waals surface area contributed by atoms with Crippen LogP contribution in [0.25, 0.3) is 0 Å². The van der Waals surface area contributed by atoms with E-state index in [-0.39, 0.29) is 12.5 Å². The Hall–Kier alpha value is -1.55. The van der Waals surface area contributed by atoms with Crippen molar-refractivity contribution in [2.24, 2.45) is 5.92 Å². The molecule has 0 saturated carbocycles. The number of para-hydroxylation sites is 1. The molecule has 0 aromatic heterocycles. The van der Waals surface area contributed by atoms with Crippen LogP contribution in [0.1, 0.15) is 26.3 Å². The molecule has 1 rings (SSSR count). The second-order valence-corrected chi connectivity index (χ2v) is 5.33. The van der Waals surface area contributed by atoms with E-state index in [0.29, 0.717) is 12.5 Å². The Morgan fingerprint density at radius 2 is 2.05 bits per heavy atom. The van der Waals surface area contributed by atoms with Crippen LogP contribution in [-0.4, -0.2) is 37.6 Å². The molecule has 0 spiro atoms. The second kappa shape index (κ2) is 8.59. The molecule has 4 nitrogen and oxygen atoms in total. The predicted octanol–water partition coefficient (Wildman–Crippen LogP) is 2.29. The van der Waals surface area contributed by atoms with E-state index >= 15 is 0 Å². The fourth-order valence-electron chi connectivity index (χ4n) is 1.71. The maximum atomic E-state index is 11.7. The van der Waals surface area contributed by atoms with Gasteiger partial charge >= 0.3 is 0 Å². The maximum absolute atomic E-state index is 11.7. The molecule has 0 aliphatic carbocycles. The van der Waals surface area contributed by atoms with E-state index in [0.717, 1.165) is 24.4 Å². The van der Waals surface area contributed by atoms with Crippen molar-refractivity contribution in [3.05, 3.63) is 29.8 Å². The van der Waals surface area contributed by atoms with Gasteiger partial charge in [0.25, 0.3) is 5.91 Å². The van der Waals surface area contributed by atoms with Gasteiger partial charge < -0.3 is 15.0 Å². The summed E-state index contributed by atoms with van der Waals surface area (Å²) in [6.07, 6.45) is 0. The van der Waals surface area contributed by atoms with Crippen molar-refractivity contribution in [2.75, 3.05) is 26.7 Å². The molecule has 1 N–H and O–H groups in total. The van der Waals surface area contributed by atoms with Crippen molar-refractivity contribution in [3.8, 4) is 5.75 Å². The number of hydrogen-bond acceptors (Lipinski definition) is 3. The van der Waals surface area contributed by atoms with Gasteiger partial charge in [0.05, 0.1) is 0 Å². The highest BCUT2D eigenvalue weighted by atomic mass is 16.5. The zero-order valence-corrected chi connectivity index (χ0v) is 13.0. The van der Waals surface area contributed by atoms with Crippen molar-refractivity contribution in [3.63, 3.8) is 0 Å². The number of hydrogen-bond donors (Lipinski definition) is 1. The highest BCUT2D eigenvalue weighted by Gasteiger charge is 2.09. The lowest BCUT2D eigenvalue weighted by Gasteiger charge is -2.16. The number of amides is 1. The van der Waals surface area contributed by atoms with Crippen LogP contribution >= 0.6 is 0 Å². The van der Waals surface area contributed by atoms with E-state index < -0.39 is 0 Å². The highest BCUT2D eigenvalue weighted by Crippen LogP contribution is 2.17. The molecule has 4 heteroatoms. The van der Waals surface area contributed by atoms with Gasteiger partial charge in [-0.05, 0) is 25.5 Å². The Morgan fingerprint density at radius 3 is 2.70 bits per heavy atom. The zero-order valence-electron chi connectivity index (χ0n) is 13.0. The van der Waals surface area contributed by atoms with Crippen LogP contribution in [0.3, 0.4) is 0 Å². The fraction of sp³-hybridized carbons (Fsp3) is 0.562. The van der Waals surface area contributed by atoms with Gasteiger partial charge in [-0.25, -0.2) is 0 Å². The third-order valence-corrected chi connectivity index (χ3v) is 3.09. The first kappa shape index (κ1) is 16.5. The number of carbonyl (C=O) groups excluding carboxylic acids is 1. The van der Waals surface area contributed by atoms with Gasteiger partial charge in [0, 0.05) is 25.7 Å². The molecule has 1 amide bonds. The molecule has 20 heavy (non-hydrogen) atoms. The summed E-state index contributed by atoms with van der Waals surface area (Å²) in [6, 6.07) is 7.84. The molecule has 0 radical (unpaired) electrons. The average molecular weight is 278 g/mol. The summed E-state index contributed by atoms with van der Waals surface area (Å²) >= 11 is 0. The number of benzene rings is 1. The molecule has 0 saturated heterocycles. The Morgan fingerprint density at radius 1 is 1.35 bits per heavy atom. The molecule has 0 atom stereocenters. The average Bonchev–Trinajstić information content (AvgIpc) is 2.44. The van der Waals surface area contributed by atoms with Gasteiger partial charge in [-0.3, -0.25) is 4.79 Å². The van der Waals surface area contributed by atoms with E-state index in [1.807, 2.05) is 31.2 Å². The van der Waals surface area contributed by atoms with E-state index in [9.17, 15) is 4.79 Å². The summed E-state index contributed by atoms with van der Waals surface area (Å²) in [6.45, 7) is 8.80. The lowest BCUT2D eigenvalue weighted by molar-refractivity contribution is -0.131. The van der Waals surface area contributed by atoms with Crippen LogP contribution in [0.5, 0.6) is 5.75 Å². The Bertz CT molecular complexity index is 419. The molecule has 1 aromatic carbocycles. The Kier molecular flexibility index (Phi) is 7.09. The fourth-order valence-corrected chi connectivity index (χ4v) is 1.71. The Balaban J connectivity index is 2.54. The molecular formula is C16H26N2O2. The normalized spacial score (nSPS) is 10.7. The molecule has 0 aliphatic rings. The van der Waals surface area contributed by atoms with Crippen LogP contribution in [0.2, 0.25) is 0 Å². The largest absolute Gasteiger partial charge is 0.483 e. The van der Waals surface area contributed by atoms with Gasteiger partial charge in [-0.2, -0.15) is 0 Å². The third-order valence-electron chi connectivity index (χ3n) is 3.09. The maximum Gasteiger partial charge on any atom is 0.260 e. The van der Waals surface area contributed by atoms with E-state index in [1.165, 1.54) is 0 Å². The second-order valence-electron chi connectivity index (χ2n) is 5.33. The zero-order chi connectivity index (χ0) is 15.0. The summed E-state index contributed by atoms with van der Waals surface area (Å²) < 4.78 is 5.65. The number of rotatable bonds is 8. The summed E-state index contributed by atoms with van der Waals surface area (Å²) in [5.74, 6) is 1.39. The third kappa shape index (κ3) is 5.61. The van der Waals surface area contributed by atoms with Crippen molar-refractivity contribution in [1.82, 2.24) is 10.2 Å². The molecule has 112 valence electrons. The number of ether oxygens (including phenoxy) is 1. The summed E-state index contributed by atoms with van der Waals surface area (Å²) in [5, 5.41) is 3.39. The first-order valence-electron chi connectivity index (χ1n) is 7.20. The van der Waals surface area contributed by atoms with Gasteiger partial charge in [-0.15, -0.1) is 0 Å². The Labute approximate surface area is 122 Å². The van der Waals surface area contributed by atoms with Crippen molar-refractivity contribution >= 4 is 5.91 Å². The minimum Gasteiger partial charge on any atom is -0.483 e. The number of carbonyl (C=O) groups is 1. The van der Waals surface area contributed by atoms with Crippen LogP contribution in [0.15, 0.2) is 24.3 Å². The van der Waals surface area contributed by atoms with Crippen LogP contribution in [0, 0.1) is 5.92 Å². The summed E-state index contributed by atoms with van der Waals surface area (Å²) in [4.78, 5) is 13.4. The SMILES string of the molecule is CCN(C)C(=O)COc1ccccc1CNCC(C)C. The molecular weight excluding hydrogens is 252 g/mol. The summed E-state index contributed by atoms with van der Waals surface area (Å²) in [5.41, 5.74) is 1.08. The topological polar surface area (TPSA) is 41.6 Å². The van der Waals surface area contributed by atoms with E-state index in [4.69, 9.17) is 4.74 Å².